The summed E-state index contributed by atoms with van der Waals surface area (Å²) in [6.45, 7) is 0.870. The lowest BCUT2D eigenvalue weighted by molar-refractivity contribution is -0.138. The molecule has 0 bridgehead atoms. The van der Waals surface area contributed by atoms with E-state index in [-0.39, 0.29) is 11.3 Å². The Bertz CT molecular complexity index is 909. The normalized spacial score (nSPS) is 10.9. The summed E-state index contributed by atoms with van der Waals surface area (Å²) in [6, 6.07) is 8.57. The highest BCUT2D eigenvalue weighted by atomic mass is 19.4. The Morgan fingerprint density at radius 2 is 1.71 bits per heavy atom. The van der Waals surface area contributed by atoms with Crippen LogP contribution in [0.1, 0.15) is 31.8 Å². The number of rotatable bonds is 5. The second-order valence-corrected chi connectivity index (χ2v) is 5.69. The average Bonchev–Trinajstić information content (AvgIpc) is 2.66. The molecule has 0 aliphatic heterocycles. The fourth-order valence-electron chi connectivity index (χ4n) is 2.30. The van der Waals surface area contributed by atoms with Crippen molar-refractivity contribution >= 4 is 23.5 Å². The maximum Gasteiger partial charge on any atom is 0.417 e. The quantitative estimate of drug-likeness (QED) is 0.783. The largest absolute Gasteiger partial charge is 0.465 e. The number of hydrogen-bond acceptors (Lipinski definition) is 5. The van der Waals surface area contributed by atoms with Crippen molar-refractivity contribution in [1.82, 2.24) is 0 Å². The van der Waals surface area contributed by atoms with Crippen LogP contribution in [0.4, 0.5) is 18.9 Å². The van der Waals surface area contributed by atoms with E-state index in [1.54, 1.807) is 13.0 Å². The number of alkyl halides is 3. The highest BCUT2D eigenvalue weighted by Crippen LogP contribution is 2.32. The smallest absolute Gasteiger partial charge is 0.417 e. The minimum absolute atomic E-state index is 0.194. The number of amides is 1. The zero-order valence-electron chi connectivity index (χ0n) is 14.9. The summed E-state index contributed by atoms with van der Waals surface area (Å²) in [5.41, 5.74) is -0.748. The Labute approximate surface area is 158 Å². The minimum Gasteiger partial charge on any atom is -0.465 e. The van der Waals surface area contributed by atoms with Crippen LogP contribution in [-0.4, -0.2) is 31.6 Å². The van der Waals surface area contributed by atoms with Crippen LogP contribution in [-0.2, 0) is 20.4 Å². The van der Waals surface area contributed by atoms with Gasteiger partial charge in [0.2, 0.25) is 0 Å². The summed E-state index contributed by atoms with van der Waals surface area (Å²) < 4.78 is 48.1. The summed E-state index contributed by atoms with van der Waals surface area (Å²) in [6.07, 6.45) is -4.73. The molecule has 0 heterocycles. The Balaban J connectivity index is 2.06. The Kier molecular flexibility index (Phi) is 6.40. The number of halogens is 3. The number of ether oxygens (including phenoxy) is 2. The maximum absolute atomic E-state index is 12.9. The Morgan fingerprint density at radius 1 is 1.04 bits per heavy atom. The van der Waals surface area contributed by atoms with Crippen molar-refractivity contribution in [3.8, 4) is 0 Å². The van der Waals surface area contributed by atoms with Gasteiger partial charge in [-0.25, -0.2) is 9.59 Å². The molecule has 1 amide bonds. The van der Waals surface area contributed by atoms with Gasteiger partial charge in [0.1, 0.15) is 0 Å². The Morgan fingerprint density at radius 3 is 2.36 bits per heavy atom. The number of hydrogen-bond donors (Lipinski definition) is 1. The number of benzene rings is 2. The van der Waals surface area contributed by atoms with E-state index in [0.717, 1.165) is 18.2 Å². The van der Waals surface area contributed by atoms with Gasteiger partial charge in [-0.15, -0.1) is 0 Å². The molecule has 2 rings (SSSR count). The van der Waals surface area contributed by atoms with Gasteiger partial charge in [0.25, 0.3) is 5.91 Å². The molecule has 0 saturated carbocycles. The van der Waals surface area contributed by atoms with Crippen LogP contribution in [0.15, 0.2) is 42.5 Å². The van der Waals surface area contributed by atoms with Crippen LogP contribution in [0.3, 0.4) is 0 Å². The fourth-order valence-corrected chi connectivity index (χ4v) is 2.30. The van der Waals surface area contributed by atoms with Gasteiger partial charge in [0, 0.05) is 5.69 Å². The third-order valence-corrected chi connectivity index (χ3v) is 3.72. The zero-order chi connectivity index (χ0) is 20.9. The molecule has 0 saturated heterocycles. The summed E-state index contributed by atoms with van der Waals surface area (Å²) in [5, 5.41) is 2.44. The summed E-state index contributed by atoms with van der Waals surface area (Å²) in [5.74, 6) is -2.66. The first-order valence-corrected chi connectivity index (χ1v) is 7.95. The molecule has 6 nitrogen and oxygen atoms in total. The monoisotopic (exact) mass is 395 g/mol. The SMILES string of the molecule is COC(=O)c1ccc(C)c(NC(=O)COC(=O)c2ccccc2C(F)(F)F)c1. The van der Waals surface area contributed by atoms with E-state index in [1.165, 1.54) is 25.3 Å². The number of carbonyl (C=O) groups is 3. The van der Waals surface area contributed by atoms with Crippen LogP contribution in [0.5, 0.6) is 0 Å². The number of nitrogens with one attached hydrogen (secondary N) is 1. The second-order valence-electron chi connectivity index (χ2n) is 5.69. The van der Waals surface area contributed by atoms with Crippen molar-refractivity contribution < 1.29 is 37.0 Å². The molecule has 2 aromatic carbocycles. The van der Waals surface area contributed by atoms with E-state index in [1.807, 2.05) is 0 Å². The van der Waals surface area contributed by atoms with Crippen molar-refractivity contribution in [3.05, 3.63) is 64.7 Å². The highest BCUT2D eigenvalue weighted by Gasteiger charge is 2.35. The molecule has 0 unspecified atom stereocenters. The number of methoxy groups -OCH3 is 1. The molecule has 0 aromatic heterocycles. The molecule has 2 aromatic rings. The lowest BCUT2D eigenvalue weighted by Gasteiger charge is -2.13. The van der Waals surface area contributed by atoms with Crippen LogP contribution in [0.2, 0.25) is 0 Å². The van der Waals surface area contributed by atoms with E-state index in [2.05, 4.69) is 10.1 Å². The van der Waals surface area contributed by atoms with Crippen LogP contribution in [0.25, 0.3) is 0 Å². The molecular formula is C19H16F3NO5. The lowest BCUT2D eigenvalue weighted by atomic mass is 10.1. The minimum atomic E-state index is -4.73. The van der Waals surface area contributed by atoms with Crippen molar-refractivity contribution in [2.24, 2.45) is 0 Å². The first kappa shape index (κ1) is 20.9. The summed E-state index contributed by atoms with van der Waals surface area (Å²) in [7, 11) is 1.21. The lowest BCUT2D eigenvalue weighted by Crippen LogP contribution is -2.23. The van der Waals surface area contributed by atoms with Gasteiger partial charge in [-0.2, -0.15) is 13.2 Å². The molecule has 0 spiro atoms. The molecule has 0 atom stereocenters. The molecule has 28 heavy (non-hydrogen) atoms. The number of esters is 2. The van der Waals surface area contributed by atoms with Gasteiger partial charge < -0.3 is 14.8 Å². The van der Waals surface area contributed by atoms with Gasteiger partial charge >= 0.3 is 18.1 Å². The predicted molar refractivity (Wildman–Crippen MR) is 92.9 cm³/mol. The number of anilines is 1. The molecule has 0 fully saturated rings. The van der Waals surface area contributed by atoms with Crippen LogP contribution >= 0.6 is 0 Å². The maximum atomic E-state index is 12.9. The molecular weight excluding hydrogens is 379 g/mol. The zero-order valence-corrected chi connectivity index (χ0v) is 14.9. The molecule has 1 N–H and O–H groups in total. The van der Waals surface area contributed by atoms with Gasteiger partial charge in [-0.3, -0.25) is 4.79 Å². The van der Waals surface area contributed by atoms with E-state index < -0.39 is 41.8 Å². The predicted octanol–water partition coefficient (Wildman–Crippen LogP) is 3.60. The number of aryl methyl sites for hydroxylation is 1. The third kappa shape index (κ3) is 5.09. The number of carbonyl (C=O) groups excluding carboxylic acids is 3. The molecule has 0 radical (unpaired) electrons. The van der Waals surface area contributed by atoms with Crippen LogP contribution < -0.4 is 5.32 Å². The van der Waals surface area contributed by atoms with Gasteiger partial charge in [0.05, 0.1) is 23.8 Å². The van der Waals surface area contributed by atoms with Crippen molar-refractivity contribution in [1.29, 1.82) is 0 Å². The first-order valence-electron chi connectivity index (χ1n) is 7.95. The first-order chi connectivity index (χ1) is 13.1. The fraction of sp³-hybridized carbons (Fsp3) is 0.211. The van der Waals surface area contributed by atoms with Gasteiger partial charge in [0.15, 0.2) is 6.61 Å². The Hall–Kier alpha value is -3.36. The average molecular weight is 395 g/mol. The van der Waals surface area contributed by atoms with E-state index in [9.17, 15) is 27.6 Å². The topological polar surface area (TPSA) is 81.7 Å². The molecule has 0 aliphatic carbocycles. The third-order valence-electron chi connectivity index (χ3n) is 3.72. The molecule has 0 aliphatic rings. The van der Waals surface area contributed by atoms with E-state index >= 15 is 0 Å². The highest BCUT2D eigenvalue weighted by molar-refractivity contribution is 5.98. The van der Waals surface area contributed by atoms with Crippen LogP contribution in [0, 0.1) is 6.92 Å². The molecule has 9 heteroatoms. The summed E-state index contributed by atoms with van der Waals surface area (Å²) in [4.78, 5) is 35.5. The van der Waals surface area contributed by atoms with Crippen molar-refractivity contribution in [2.45, 2.75) is 13.1 Å². The molecule has 148 valence electrons. The van der Waals surface area contributed by atoms with Gasteiger partial charge in [-0.05, 0) is 36.8 Å². The van der Waals surface area contributed by atoms with E-state index in [0.29, 0.717) is 5.56 Å². The standard InChI is InChI=1S/C19H16F3NO5/c1-11-7-8-12(17(25)27-2)9-15(11)23-16(24)10-28-18(26)13-5-3-4-6-14(13)19(20,21)22/h3-9H,10H2,1-2H3,(H,23,24). The van der Waals surface area contributed by atoms with Gasteiger partial charge in [-0.1, -0.05) is 18.2 Å². The van der Waals surface area contributed by atoms with Crippen molar-refractivity contribution in [2.75, 3.05) is 19.0 Å². The van der Waals surface area contributed by atoms with E-state index in [4.69, 9.17) is 4.74 Å². The summed E-state index contributed by atoms with van der Waals surface area (Å²) >= 11 is 0. The van der Waals surface area contributed by atoms with Crippen molar-refractivity contribution in [3.63, 3.8) is 0 Å². The second kappa shape index (κ2) is 8.55.